The van der Waals surface area contributed by atoms with Crippen molar-refractivity contribution in [2.45, 2.75) is 6.92 Å². The van der Waals surface area contributed by atoms with Crippen LogP contribution in [0.1, 0.15) is 11.1 Å². The van der Waals surface area contributed by atoms with E-state index in [9.17, 15) is 13.5 Å². The van der Waals surface area contributed by atoms with E-state index >= 15 is 0 Å². The number of hydrogen-bond acceptors (Lipinski definition) is 4. The van der Waals surface area contributed by atoms with E-state index in [2.05, 4.69) is 9.71 Å². The van der Waals surface area contributed by atoms with Gasteiger partial charge in [-0.2, -0.15) is 0 Å². The lowest BCUT2D eigenvalue weighted by atomic mass is 10.2. The van der Waals surface area contributed by atoms with E-state index in [1.54, 1.807) is 48.7 Å². The Bertz CT molecular complexity index is 783. The van der Waals surface area contributed by atoms with Gasteiger partial charge in [-0.05, 0) is 36.8 Å². The Balaban J connectivity index is 2.31. The summed E-state index contributed by atoms with van der Waals surface area (Å²) in [6, 6.07) is 12.0. The van der Waals surface area contributed by atoms with Crippen molar-refractivity contribution in [2.24, 2.45) is 4.99 Å². The molecule has 0 aliphatic carbocycles. The lowest BCUT2D eigenvalue weighted by molar-refractivity contribution is 0.474. The molecule has 0 heterocycles. The van der Waals surface area contributed by atoms with E-state index in [1.807, 2.05) is 6.92 Å². The number of para-hydroxylation sites is 1. The van der Waals surface area contributed by atoms with Gasteiger partial charge in [0.05, 0.1) is 17.6 Å². The monoisotopic (exact) mass is 304 g/mol. The van der Waals surface area contributed by atoms with Gasteiger partial charge in [-0.25, -0.2) is 8.42 Å². The summed E-state index contributed by atoms with van der Waals surface area (Å²) in [6.45, 7) is 1.88. The van der Waals surface area contributed by atoms with Gasteiger partial charge in [0.1, 0.15) is 5.75 Å². The molecule has 0 aromatic heterocycles. The molecule has 0 aliphatic heterocycles. The number of anilines is 1. The van der Waals surface area contributed by atoms with E-state index in [1.165, 1.54) is 0 Å². The molecule has 0 amide bonds. The number of phenols is 1. The topological polar surface area (TPSA) is 78.8 Å². The maximum absolute atomic E-state index is 11.2. The Morgan fingerprint density at radius 1 is 1.19 bits per heavy atom. The number of aryl methyl sites for hydroxylation is 1. The Hall–Kier alpha value is -2.34. The van der Waals surface area contributed by atoms with Crippen LogP contribution in [0.3, 0.4) is 0 Å². The minimum atomic E-state index is -3.32. The summed E-state index contributed by atoms with van der Waals surface area (Å²) >= 11 is 0. The second kappa shape index (κ2) is 5.97. The molecule has 0 atom stereocenters. The molecule has 2 N–H and O–H groups in total. The Kier molecular flexibility index (Phi) is 4.28. The second-order valence-electron chi connectivity index (χ2n) is 4.69. The van der Waals surface area contributed by atoms with Gasteiger partial charge in [0.15, 0.2) is 0 Å². The fourth-order valence-corrected chi connectivity index (χ4v) is 2.32. The number of aliphatic imine (C=N–C) groups is 1. The van der Waals surface area contributed by atoms with Crippen LogP contribution in [0.2, 0.25) is 0 Å². The van der Waals surface area contributed by atoms with Gasteiger partial charge < -0.3 is 5.11 Å². The summed E-state index contributed by atoms with van der Waals surface area (Å²) in [7, 11) is -3.32. The Morgan fingerprint density at radius 3 is 2.57 bits per heavy atom. The number of phenolic OH excluding ortho intramolecular Hbond substituents is 1. The van der Waals surface area contributed by atoms with Crippen LogP contribution in [-0.4, -0.2) is 26.0 Å². The minimum Gasteiger partial charge on any atom is -0.507 e. The molecule has 2 aromatic rings. The number of nitrogens with one attached hydrogen (secondary N) is 1. The van der Waals surface area contributed by atoms with Gasteiger partial charge in [-0.1, -0.05) is 18.2 Å². The van der Waals surface area contributed by atoms with Crippen molar-refractivity contribution < 1.29 is 13.5 Å². The first-order chi connectivity index (χ1) is 9.85. The quantitative estimate of drug-likeness (QED) is 0.852. The third kappa shape index (κ3) is 4.32. The summed E-state index contributed by atoms with van der Waals surface area (Å²) in [5.74, 6) is 0.143. The predicted molar refractivity (Wildman–Crippen MR) is 85.0 cm³/mol. The molecule has 0 unspecified atom stereocenters. The van der Waals surface area contributed by atoms with Gasteiger partial charge in [-0.15, -0.1) is 0 Å². The highest BCUT2D eigenvalue weighted by molar-refractivity contribution is 7.92. The fourth-order valence-electron chi connectivity index (χ4n) is 1.76. The molecular formula is C15H16N2O3S. The number of benzene rings is 2. The van der Waals surface area contributed by atoms with Gasteiger partial charge in [0.25, 0.3) is 0 Å². The number of aromatic hydroxyl groups is 1. The molecule has 0 radical (unpaired) electrons. The molecule has 0 saturated carbocycles. The highest BCUT2D eigenvalue weighted by Crippen LogP contribution is 2.24. The molecule has 0 aliphatic rings. The molecule has 2 rings (SSSR count). The Labute approximate surface area is 124 Å². The predicted octanol–water partition coefficient (Wildman–Crippen LogP) is 2.82. The maximum Gasteiger partial charge on any atom is 0.229 e. The fraction of sp³-hybridized carbons (Fsp3) is 0.133. The molecule has 0 fully saturated rings. The average Bonchev–Trinajstić information content (AvgIpc) is 2.39. The van der Waals surface area contributed by atoms with Crippen molar-refractivity contribution in [3.8, 4) is 5.75 Å². The summed E-state index contributed by atoms with van der Waals surface area (Å²) in [4.78, 5) is 4.31. The SMILES string of the molecule is Cc1ccc(NS(C)(=O)=O)cc1N=Cc1ccccc1O. The molecule has 0 spiro atoms. The zero-order valence-corrected chi connectivity index (χ0v) is 12.6. The normalized spacial score (nSPS) is 11.7. The molecule has 0 bridgehead atoms. The third-order valence-corrected chi connectivity index (χ3v) is 3.40. The van der Waals surface area contributed by atoms with Crippen LogP contribution < -0.4 is 4.72 Å². The zero-order valence-electron chi connectivity index (χ0n) is 11.7. The van der Waals surface area contributed by atoms with Crippen molar-refractivity contribution in [1.82, 2.24) is 0 Å². The first-order valence-corrected chi connectivity index (χ1v) is 8.15. The van der Waals surface area contributed by atoms with E-state index in [4.69, 9.17) is 0 Å². The van der Waals surface area contributed by atoms with E-state index < -0.39 is 10.0 Å². The summed E-state index contributed by atoms with van der Waals surface area (Å²) in [5, 5.41) is 9.68. The standard InChI is InChI=1S/C15H16N2O3S/c1-11-7-8-13(17-21(2,19)20)9-14(11)16-10-12-5-3-4-6-15(12)18/h3-10,17-18H,1-2H3. The third-order valence-electron chi connectivity index (χ3n) is 2.79. The average molecular weight is 304 g/mol. The molecule has 21 heavy (non-hydrogen) atoms. The largest absolute Gasteiger partial charge is 0.507 e. The van der Waals surface area contributed by atoms with Crippen LogP contribution in [0.5, 0.6) is 5.75 Å². The molecule has 6 heteroatoms. The first-order valence-electron chi connectivity index (χ1n) is 6.26. The van der Waals surface area contributed by atoms with Crippen LogP contribution >= 0.6 is 0 Å². The van der Waals surface area contributed by atoms with Crippen molar-refractivity contribution in [3.63, 3.8) is 0 Å². The van der Waals surface area contributed by atoms with Gasteiger partial charge in [0, 0.05) is 11.8 Å². The number of nitrogens with zero attached hydrogens (tertiary/aromatic N) is 1. The number of sulfonamides is 1. The maximum atomic E-state index is 11.2. The van der Waals surface area contributed by atoms with Gasteiger partial charge in [-0.3, -0.25) is 9.71 Å². The van der Waals surface area contributed by atoms with Crippen LogP contribution in [-0.2, 0) is 10.0 Å². The lowest BCUT2D eigenvalue weighted by Gasteiger charge is -2.06. The van der Waals surface area contributed by atoms with Crippen LogP contribution in [0.25, 0.3) is 0 Å². The second-order valence-corrected chi connectivity index (χ2v) is 6.44. The molecular weight excluding hydrogens is 288 g/mol. The molecule has 0 saturated heterocycles. The zero-order chi connectivity index (χ0) is 15.5. The van der Waals surface area contributed by atoms with Crippen LogP contribution in [0, 0.1) is 6.92 Å². The van der Waals surface area contributed by atoms with Crippen LogP contribution in [0.15, 0.2) is 47.5 Å². The smallest absolute Gasteiger partial charge is 0.229 e. The van der Waals surface area contributed by atoms with E-state index in [-0.39, 0.29) is 5.75 Å². The molecule has 2 aromatic carbocycles. The first kappa shape index (κ1) is 15.1. The summed E-state index contributed by atoms with van der Waals surface area (Å²) in [5.41, 5.74) is 2.58. The van der Waals surface area contributed by atoms with E-state index in [0.29, 0.717) is 16.9 Å². The minimum absolute atomic E-state index is 0.143. The lowest BCUT2D eigenvalue weighted by Crippen LogP contribution is -2.09. The summed E-state index contributed by atoms with van der Waals surface area (Å²) < 4.78 is 24.9. The number of hydrogen-bond donors (Lipinski definition) is 2. The Morgan fingerprint density at radius 2 is 1.90 bits per heavy atom. The summed E-state index contributed by atoms with van der Waals surface area (Å²) in [6.07, 6.45) is 2.64. The van der Waals surface area contributed by atoms with Crippen LogP contribution in [0.4, 0.5) is 11.4 Å². The van der Waals surface area contributed by atoms with Crippen molar-refractivity contribution in [1.29, 1.82) is 0 Å². The van der Waals surface area contributed by atoms with Crippen molar-refractivity contribution in [2.75, 3.05) is 11.0 Å². The van der Waals surface area contributed by atoms with Gasteiger partial charge >= 0.3 is 0 Å². The number of rotatable bonds is 4. The van der Waals surface area contributed by atoms with Crippen molar-refractivity contribution in [3.05, 3.63) is 53.6 Å². The van der Waals surface area contributed by atoms with E-state index in [0.717, 1.165) is 11.8 Å². The van der Waals surface area contributed by atoms with Gasteiger partial charge in [0.2, 0.25) is 10.0 Å². The molecule has 110 valence electrons. The van der Waals surface area contributed by atoms with Crippen molar-refractivity contribution >= 4 is 27.6 Å². The highest BCUT2D eigenvalue weighted by atomic mass is 32.2. The molecule has 5 nitrogen and oxygen atoms in total. The highest BCUT2D eigenvalue weighted by Gasteiger charge is 2.04.